The monoisotopic (exact) mass is 286 g/mol. The van der Waals surface area contributed by atoms with E-state index < -0.39 is 0 Å². The summed E-state index contributed by atoms with van der Waals surface area (Å²) in [6.07, 6.45) is 2.98. The molecule has 2 rings (SSSR count). The maximum Gasteiger partial charge on any atom is 0.237 e. The topological polar surface area (TPSA) is 59.0 Å². The summed E-state index contributed by atoms with van der Waals surface area (Å²) in [5.41, 5.74) is 2.22. The SMILES string of the molecule is Cc1cc(C)n(CCCNC(=O)C2CCCN2)n1.Cl. The van der Waals surface area contributed by atoms with Crippen LogP contribution in [0.1, 0.15) is 30.7 Å². The molecular formula is C13H23ClN4O. The molecule has 1 aromatic heterocycles. The quantitative estimate of drug-likeness (QED) is 0.799. The van der Waals surface area contributed by atoms with Crippen LogP contribution in [-0.4, -0.2) is 34.8 Å². The smallest absolute Gasteiger partial charge is 0.237 e. The number of amides is 1. The van der Waals surface area contributed by atoms with E-state index in [0.717, 1.165) is 44.6 Å². The Kier molecular flexibility index (Phi) is 6.31. The van der Waals surface area contributed by atoms with Crippen molar-refractivity contribution in [2.75, 3.05) is 13.1 Å². The van der Waals surface area contributed by atoms with Gasteiger partial charge in [-0.2, -0.15) is 5.10 Å². The minimum absolute atomic E-state index is 0. The first-order valence-corrected chi connectivity index (χ1v) is 6.69. The molecule has 1 fully saturated rings. The third-order valence-electron chi connectivity index (χ3n) is 3.33. The predicted octanol–water partition coefficient (Wildman–Crippen LogP) is 1.18. The normalized spacial score (nSPS) is 18.1. The molecule has 1 aliphatic heterocycles. The summed E-state index contributed by atoms with van der Waals surface area (Å²) in [5.74, 6) is 0.140. The molecule has 1 aliphatic rings. The number of rotatable bonds is 5. The highest BCUT2D eigenvalue weighted by atomic mass is 35.5. The number of aromatic nitrogens is 2. The van der Waals surface area contributed by atoms with Crippen LogP contribution >= 0.6 is 12.4 Å². The van der Waals surface area contributed by atoms with E-state index in [-0.39, 0.29) is 24.4 Å². The molecule has 2 N–H and O–H groups in total. The van der Waals surface area contributed by atoms with Gasteiger partial charge in [-0.3, -0.25) is 9.48 Å². The summed E-state index contributed by atoms with van der Waals surface area (Å²) in [6, 6.07) is 2.10. The van der Waals surface area contributed by atoms with Crippen molar-refractivity contribution in [1.29, 1.82) is 0 Å². The van der Waals surface area contributed by atoms with Gasteiger partial charge in [0, 0.05) is 18.8 Å². The third-order valence-corrected chi connectivity index (χ3v) is 3.33. The van der Waals surface area contributed by atoms with E-state index in [9.17, 15) is 4.79 Å². The molecule has 0 spiro atoms. The summed E-state index contributed by atoms with van der Waals surface area (Å²) in [4.78, 5) is 11.7. The van der Waals surface area contributed by atoms with E-state index in [1.807, 2.05) is 11.6 Å². The van der Waals surface area contributed by atoms with Crippen molar-refractivity contribution < 1.29 is 4.79 Å². The van der Waals surface area contributed by atoms with Crippen LogP contribution in [0.25, 0.3) is 0 Å². The van der Waals surface area contributed by atoms with Gasteiger partial charge in [0.1, 0.15) is 0 Å². The Hall–Kier alpha value is -1.07. The second-order valence-corrected chi connectivity index (χ2v) is 4.94. The van der Waals surface area contributed by atoms with Crippen molar-refractivity contribution in [3.05, 3.63) is 17.5 Å². The summed E-state index contributed by atoms with van der Waals surface area (Å²) in [6.45, 7) is 6.59. The van der Waals surface area contributed by atoms with Gasteiger partial charge >= 0.3 is 0 Å². The Morgan fingerprint density at radius 1 is 1.58 bits per heavy atom. The van der Waals surface area contributed by atoms with E-state index in [2.05, 4.69) is 28.7 Å². The molecule has 0 bridgehead atoms. The van der Waals surface area contributed by atoms with Crippen LogP contribution in [-0.2, 0) is 11.3 Å². The van der Waals surface area contributed by atoms with Gasteiger partial charge in [-0.1, -0.05) is 0 Å². The van der Waals surface area contributed by atoms with Gasteiger partial charge in [0.2, 0.25) is 5.91 Å². The van der Waals surface area contributed by atoms with Crippen LogP contribution in [0.3, 0.4) is 0 Å². The lowest BCUT2D eigenvalue weighted by atomic mass is 10.2. The van der Waals surface area contributed by atoms with Crippen molar-refractivity contribution >= 4 is 18.3 Å². The Labute approximate surface area is 120 Å². The highest BCUT2D eigenvalue weighted by Crippen LogP contribution is 2.05. The highest BCUT2D eigenvalue weighted by molar-refractivity contribution is 5.85. The van der Waals surface area contributed by atoms with Gasteiger partial charge in [0.05, 0.1) is 11.7 Å². The number of halogens is 1. The zero-order valence-corrected chi connectivity index (χ0v) is 12.4. The molecule has 0 saturated carbocycles. The number of carbonyl (C=O) groups excluding carboxylic acids is 1. The molecule has 1 aromatic rings. The largest absolute Gasteiger partial charge is 0.355 e. The lowest BCUT2D eigenvalue weighted by molar-refractivity contribution is -0.122. The second-order valence-electron chi connectivity index (χ2n) is 4.94. The van der Waals surface area contributed by atoms with Gasteiger partial charge in [0.15, 0.2) is 0 Å². The molecule has 5 nitrogen and oxygen atoms in total. The molecule has 2 heterocycles. The summed E-state index contributed by atoms with van der Waals surface area (Å²) >= 11 is 0. The molecule has 1 amide bonds. The van der Waals surface area contributed by atoms with Crippen LogP contribution < -0.4 is 10.6 Å². The van der Waals surface area contributed by atoms with Crippen LogP contribution in [0.4, 0.5) is 0 Å². The number of aryl methyl sites for hydroxylation is 3. The molecule has 19 heavy (non-hydrogen) atoms. The van der Waals surface area contributed by atoms with Crippen LogP contribution in [0.5, 0.6) is 0 Å². The highest BCUT2D eigenvalue weighted by Gasteiger charge is 2.21. The minimum atomic E-state index is 0. The Morgan fingerprint density at radius 3 is 2.95 bits per heavy atom. The molecule has 108 valence electrons. The standard InChI is InChI=1S/C13H22N4O.ClH/c1-10-9-11(2)17(16-10)8-4-7-15-13(18)12-5-3-6-14-12;/h9,12,14H,3-8H2,1-2H3,(H,15,18);1H. The van der Waals surface area contributed by atoms with Gasteiger partial charge in [-0.15, -0.1) is 12.4 Å². The third kappa shape index (κ3) is 4.51. The van der Waals surface area contributed by atoms with Crippen molar-refractivity contribution in [3.8, 4) is 0 Å². The lowest BCUT2D eigenvalue weighted by Crippen LogP contribution is -2.40. The predicted molar refractivity (Wildman–Crippen MR) is 77.6 cm³/mol. The van der Waals surface area contributed by atoms with Crippen molar-refractivity contribution in [3.63, 3.8) is 0 Å². The van der Waals surface area contributed by atoms with E-state index in [4.69, 9.17) is 0 Å². The fraction of sp³-hybridized carbons (Fsp3) is 0.692. The molecule has 1 atom stereocenters. The lowest BCUT2D eigenvalue weighted by Gasteiger charge is -2.11. The number of hydrogen-bond acceptors (Lipinski definition) is 3. The van der Waals surface area contributed by atoms with Crippen LogP contribution in [0.15, 0.2) is 6.07 Å². The second kappa shape index (κ2) is 7.50. The van der Waals surface area contributed by atoms with Gasteiger partial charge in [0.25, 0.3) is 0 Å². The molecular weight excluding hydrogens is 264 g/mol. The first-order chi connectivity index (χ1) is 8.66. The van der Waals surface area contributed by atoms with Gasteiger partial charge in [-0.25, -0.2) is 0 Å². The number of hydrogen-bond donors (Lipinski definition) is 2. The molecule has 6 heteroatoms. The Bertz CT molecular complexity index is 413. The first kappa shape index (κ1) is 16.0. The molecule has 0 radical (unpaired) electrons. The zero-order valence-electron chi connectivity index (χ0n) is 11.6. The Morgan fingerprint density at radius 2 is 2.37 bits per heavy atom. The van der Waals surface area contributed by atoms with E-state index in [1.54, 1.807) is 0 Å². The van der Waals surface area contributed by atoms with E-state index in [0.29, 0.717) is 0 Å². The average molecular weight is 287 g/mol. The Balaban J connectivity index is 0.00000180. The molecule has 0 aliphatic carbocycles. The van der Waals surface area contributed by atoms with Crippen LogP contribution in [0, 0.1) is 13.8 Å². The molecule has 0 aromatic carbocycles. The van der Waals surface area contributed by atoms with E-state index in [1.165, 1.54) is 5.69 Å². The number of carbonyl (C=O) groups is 1. The maximum absolute atomic E-state index is 11.7. The van der Waals surface area contributed by atoms with E-state index >= 15 is 0 Å². The fourth-order valence-corrected chi connectivity index (χ4v) is 2.37. The average Bonchev–Trinajstić information content (AvgIpc) is 2.94. The maximum atomic E-state index is 11.7. The van der Waals surface area contributed by atoms with Crippen LogP contribution in [0.2, 0.25) is 0 Å². The molecule has 1 saturated heterocycles. The van der Waals surface area contributed by atoms with Gasteiger partial charge < -0.3 is 10.6 Å². The van der Waals surface area contributed by atoms with Crippen molar-refractivity contribution in [1.82, 2.24) is 20.4 Å². The fourth-order valence-electron chi connectivity index (χ4n) is 2.37. The first-order valence-electron chi connectivity index (χ1n) is 6.69. The number of nitrogens with one attached hydrogen (secondary N) is 2. The summed E-state index contributed by atoms with van der Waals surface area (Å²) in [5, 5.41) is 10.6. The minimum Gasteiger partial charge on any atom is -0.355 e. The van der Waals surface area contributed by atoms with Crippen molar-refractivity contribution in [2.24, 2.45) is 0 Å². The summed E-state index contributed by atoms with van der Waals surface area (Å²) < 4.78 is 2.00. The molecule has 1 unspecified atom stereocenters. The number of nitrogens with zero attached hydrogens (tertiary/aromatic N) is 2. The summed E-state index contributed by atoms with van der Waals surface area (Å²) in [7, 11) is 0. The van der Waals surface area contributed by atoms with Gasteiger partial charge in [-0.05, 0) is 45.7 Å². The van der Waals surface area contributed by atoms with Crippen molar-refractivity contribution in [2.45, 2.75) is 45.7 Å². The zero-order chi connectivity index (χ0) is 13.0.